The van der Waals surface area contributed by atoms with Crippen molar-refractivity contribution < 1.29 is 18.0 Å². The van der Waals surface area contributed by atoms with Gasteiger partial charge in [0.05, 0.1) is 0 Å². The lowest BCUT2D eigenvalue weighted by Gasteiger charge is -2.33. The first-order valence-electron chi connectivity index (χ1n) is 8.57. The molecule has 1 aliphatic heterocycles. The molecule has 0 saturated carbocycles. The second-order valence-electron chi connectivity index (χ2n) is 6.50. The van der Waals surface area contributed by atoms with Gasteiger partial charge in [0.25, 0.3) is 5.91 Å². The summed E-state index contributed by atoms with van der Waals surface area (Å²) >= 11 is 0. The SMILES string of the molecule is O=C(NC1CNCCC1c1ccc(F)c(F)c1)c1cc2ccccc2o1. The van der Waals surface area contributed by atoms with Crippen molar-refractivity contribution in [3.8, 4) is 0 Å². The molecule has 2 N–H and O–H groups in total. The summed E-state index contributed by atoms with van der Waals surface area (Å²) in [5, 5.41) is 7.06. The summed E-state index contributed by atoms with van der Waals surface area (Å²) in [6.07, 6.45) is 0.718. The number of benzene rings is 2. The van der Waals surface area contributed by atoms with E-state index in [9.17, 15) is 13.6 Å². The van der Waals surface area contributed by atoms with Gasteiger partial charge in [-0.25, -0.2) is 8.78 Å². The smallest absolute Gasteiger partial charge is 0.287 e. The van der Waals surface area contributed by atoms with Crippen molar-refractivity contribution in [2.45, 2.75) is 18.4 Å². The number of amides is 1. The fraction of sp³-hybridized carbons (Fsp3) is 0.250. The number of fused-ring (bicyclic) bond motifs is 1. The molecule has 0 aliphatic carbocycles. The maximum atomic E-state index is 13.6. The summed E-state index contributed by atoms with van der Waals surface area (Å²) < 4.78 is 32.4. The van der Waals surface area contributed by atoms with E-state index < -0.39 is 11.6 Å². The number of furan rings is 1. The van der Waals surface area contributed by atoms with Gasteiger partial charge in [-0.05, 0) is 42.8 Å². The molecule has 2 heterocycles. The van der Waals surface area contributed by atoms with Gasteiger partial charge in [0.2, 0.25) is 0 Å². The highest BCUT2D eigenvalue weighted by atomic mass is 19.2. The molecule has 4 nitrogen and oxygen atoms in total. The third-order valence-corrected chi connectivity index (χ3v) is 4.82. The minimum atomic E-state index is -0.872. The standard InChI is InChI=1S/C20H18F2N2O2/c21-15-6-5-12(9-16(15)22)14-7-8-23-11-17(14)24-20(25)19-10-13-3-1-2-4-18(13)26-19/h1-6,9-10,14,17,23H,7-8,11H2,(H,24,25). The molecule has 1 aliphatic rings. The summed E-state index contributed by atoms with van der Waals surface area (Å²) in [4.78, 5) is 12.6. The molecule has 1 saturated heterocycles. The number of rotatable bonds is 3. The molecule has 1 amide bonds. The monoisotopic (exact) mass is 356 g/mol. The van der Waals surface area contributed by atoms with Crippen LogP contribution in [0.15, 0.2) is 52.9 Å². The van der Waals surface area contributed by atoms with E-state index in [4.69, 9.17) is 4.42 Å². The molecule has 134 valence electrons. The van der Waals surface area contributed by atoms with Gasteiger partial charge in [0.1, 0.15) is 5.58 Å². The van der Waals surface area contributed by atoms with Crippen LogP contribution < -0.4 is 10.6 Å². The van der Waals surface area contributed by atoms with Gasteiger partial charge < -0.3 is 15.1 Å². The van der Waals surface area contributed by atoms with Gasteiger partial charge in [-0.2, -0.15) is 0 Å². The van der Waals surface area contributed by atoms with Crippen LogP contribution in [0.5, 0.6) is 0 Å². The second-order valence-corrected chi connectivity index (χ2v) is 6.50. The van der Waals surface area contributed by atoms with E-state index in [0.717, 1.165) is 24.4 Å². The minimum Gasteiger partial charge on any atom is -0.451 e. The Morgan fingerprint density at radius 2 is 1.96 bits per heavy atom. The summed E-state index contributed by atoms with van der Waals surface area (Å²) in [6, 6.07) is 12.8. The van der Waals surface area contributed by atoms with Crippen molar-refractivity contribution in [2.24, 2.45) is 0 Å². The Morgan fingerprint density at radius 3 is 2.77 bits per heavy atom. The maximum Gasteiger partial charge on any atom is 0.287 e. The number of carbonyl (C=O) groups excluding carboxylic acids is 1. The Kier molecular flexibility index (Phi) is 4.42. The third-order valence-electron chi connectivity index (χ3n) is 4.82. The predicted molar refractivity (Wildman–Crippen MR) is 94.1 cm³/mol. The second kappa shape index (κ2) is 6.88. The first-order valence-corrected chi connectivity index (χ1v) is 8.57. The van der Waals surface area contributed by atoms with Crippen molar-refractivity contribution in [3.63, 3.8) is 0 Å². The lowest BCUT2D eigenvalue weighted by Crippen LogP contribution is -2.50. The van der Waals surface area contributed by atoms with Crippen LogP contribution in [-0.2, 0) is 0 Å². The van der Waals surface area contributed by atoms with Crippen molar-refractivity contribution in [2.75, 3.05) is 13.1 Å². The third kappa shape index (κ3) is 3.20. The highest BCUT2D eigenvalue weighted by Gasteiger charge is 2.29. The molecule has 0 radical (unpaired) electrons. The van der Waals surface area contributed by atoms with Crippen LogP contribution in [0, 0.1) is 11.6 Å². The molecular weight excluding hydrogens is 338 g/mol. The average molecular weight is 356 g/mol. The van der Waals surface area contributed by atoms with Gasteiger partial charge in [0.15, 0.2) is 17.4 Å². The van der Waals surface area contributed by atoms with E-state index >= 15 is 0 Å². The maximum absolute atomic E-state index is 13.6. The molecule has 26 heavy (non-hydrogen) atoms. The first kappa shape index (κ1) is 16.7. The molecule has 1 fully saturated rings. The largest absolute Gasteiger partial charge is 0.451 e. The molecule has 0 bridgehead atoms. The lowest BCUT2D eigenvalue weighted by atomic mass is 9.86. The molecule has 2 atom stereocenters. The Morgan fingerprint density at radius 1 is 1.12 bits per heavy atom. The molecule has 3 aromatic rings. The average Bonchev–Trinajstić information content (AvgIpc) is 3.09. The van der Waals surface area contributed by atoms with Gasteiger partial charge >= 0.3 is 0 Å². The van der Waals surface area contributed by atoms with E-state index in [1.165, 1.54) is 6.07 Å². The zero-order valence-electron chi connectivity index (χ0n) is 14.0. The fourth-order valence-electron chi connectivity index (χ4n) is 3.49. The van der Waals surface area contributed by atoms with Crippen LogP contribution in [0.1, 0.15) is 28.5 Å². The van der Waals surface area contributed by atoms with Gasteiger partial charge in [-0.3, -0.25) is 4.79 Å². The Bertz CT molecular complexity index is 921. The Labute approximate surface area is 149 Å². The number of hydrogen-bond acceptors (Lipinski definition) is 3. The number of halogens is 2. The summed E-state index contributed by atoms with van der Waals surface area (Å²) in [6.45, 7) is 1.30. The van der Waals surface area contributed by atoms with Crippen molar-refractivity contribution in [1.29, 1.82) is 0 Å². The quantitative estimate of drug-likeness (QED) is 0.754. The van der Waals surface area contributed by atoms with E-state index in [1.807, 2.05) is 18.2 Å². The highest BCUT2D eigenvalue weighted by molar-refractivity contribution is 5.96. The summed E-state index contributed by atoms with van der Waals surface area (Å²) in [5.41, 5.74) is 1.33. The van der Waals surface area contributed by atoms with Crippen LogP contribution in [0.4, 0.5) is 8.78 Å². The van der Waals surface area contributed by atoms with Crippen molar-refractivity contribution >= 4 is 16.9 Å². The van der Waals surface area contributed by atoms with Crippen molar-refractivity contribution in [1.82, 2.24) is 10.6 Å². The molecule has 0 spiro atoms. The first-order chi connectivity index (χ1) is 12.6. The summed E-state index contributed by atoms with van der Waals surface area (Å²) in [5.74, 6) is -1.92. The van der Waals surface area contributed by atoms with E-state index in [2.05, 4.69) is 10.6 Å². The van der Waals surface area contributed by atoms with E-state index in [1.54, 1.807) is 18.2 Å². The topological polar surface area (TPSA) is 54.3 Å². The summed E-state index contributed by atoms with van der Waals surface area (Å²) in [7, 11) is 0. The number of piperidine rings is 1. The van der Waals surface area contributed by atoms with Crippen molar-refractivity contribution in [3.05, 3.63) is 71.5 Å². The van der Waals surface area contributed by atoms with E-state index in [-0.39, 0.29) is 23.6 Å². The molecule has 2 aromatic carbocycles. The minimum absolute atomic E-state index is 0.0975. The van der Waals surface area contributed by atoms with Crippen LogP contribution in [0.25, 0.3) is 11.0 Å². The van der Waals surface area contributed by atoms with Crippen LogP contribution in [0.3, 0.4) is 0 Å². The molecule has 2 unspecified atom stereocenters. The van der Waals surface area contributed by atoms with Gasteiger partial charge in [-0.15, -0.1) is 0 Å². The zero-order chi connectivity index (χ0) is 18.1. The van der Waals surface area contributed by atoms with Crippen LogP contribution >= 0.6 is 0 Å². The van der Waals surface area contributed by atoms with E-state index in [0.29, 0.717) is 17.7 Å². The Balaban J connectivity index is 1.56. The zero-order valence-corrected chi connectivity index (χ0v) is 14.0. The highest BCUT2D eigenvalue weighted by Crippen LogP contribution is 2.27. The molecule has 6 heteroatoms. The van der Waals surface area contributed by atoms with Crippen LogP contribution in [-0.4, -0.2) is 25.0 Å². The Hall–Kier alpha value is -2.73. The molecule has 1 aromatic heterocycles. The number of para-hydroxylation sites is 1. The van der Waals surface area contributed by atoms with Crippen LogP contribution in [0.2, 0.25) is 0 Å². The molecular formula is C20H18F2N2O2. The number of hydrogen-bond donors (Lipinski definition) is 2. The normalized spacial score (nSPS) is 20.2. The lowest BCUT2D eigenvalue weighted by molar-refractivity contribution is 0.0898. The fourth-order valence-corrected chi connectivity index (χ4v) is 3.49. The molecule has 4 rings (SSSR count). The predicted octanol–water partition coefficient (Wildman–Crippen LogP) is 3.59. The number of nitrogens with one attached hydrogen (secondary N) is 2. The van der Waals surface area contributed by atoms with Gasteiger partial charge in [0, 0.05) is 23.9 Å². The van der Waals surface area contributed by atoms with Gasteiger partial charge in [-0.1, -0.05) is 24.3 Å². The number of carbonyl (C=O) groups is 1.